The van der Waals surface area contributed by atoms with E-state index in [0.717, 1.165) is 10.2 Å². The van der Waals surface area contributed by atoms with Crippen molar-refractivity contribution in [3.05, 3.63) is 28.2 Å². The number of nitrogens with one attached hydrogen (secondary N) is 1. The molecular formula is C13H20BrNO. The van der Waals surface area contributed by atoms with E-state index in [1.807, 2.05) is 32.9 Å². The number of hydrogen-bond acceptors (Lipinski definition) is 2. The molecule has 0 amide bonds. The van der Waals surface area contributed by atoms with Crippen molar-refractivity contribution in [2.24, 2.45) is 5.92 Å². The molecule has 0 aliphatic heterocycles. The largest absolute Gasteiger partial charge is 0.388 e. The van der Waals surface area contributed by atoms with Crippen molar-refractivity contribution in [1.29, 1.82) is 0 Å². The van der Waals surface area contributed by atoms with Crippen molar-refractivity contribution >= 4 is 21.6 Å². The van der Waals surface area contributed by atoms with Crippen LogP contribution in [-0.4, -0.2) is 17.3 Å². The molecule has 0 radical (unpaired) electrons. The summed E-state index contributed by atoms with van der Waals surface area (Å²) in [5.41, 5.74) is 1.55. The first-order valence-electron chi connectivity index (χ1n) is 5.55. The van der Waals surface area contributed by atoms with Crippen LogP contribution in [0, 0.1) is 12.8 Å². The van der Waals surface area contributed by atoms with Gasteiger partial charge in [0.1, 0.15) is 0 Å². The Bertz CT molecular complexity index is 361. The zero-order chi connectivity index (χ0) is 12.3. The Hall–Kier alpha value is -0.540. The summed E-state index contributed by atoms with van der Waals surface area (Å²) in [6.45, 7) is 8.51. The molecule has 0 saturated carbocycles. The van der Waals surface area contributed by atoms with Crippen molar-refractivity contribution in [1.82, 2.24) is 0 Å². The molecule has 1 atom stereocenters. The first kappa shape index (κ1) is 13.5. The van der Waals surface area contributed by atoms with Crippen molar-refractivity contribution < 1.29 is 5.11 Å². The van der Waals surface area contributed by atoms with Gasteiger partial charge in [0.25, 0.3) is 0 Å². The predicted molar refractivity (Wildman–Crippen MR) is 72.8 cm³/mol. The maximum atomic E-state index is 10.1. The summed E-state index contributed by atoms with van der Waals surface area (Å²) in [4.78, 5) is 0. The fourth-order valence-electron chi connectivity index (χ4n) is 1.19. The average Bonchev–Trinajstić information content (AvgIpc) is 2.20. The van der Waals surface area contributed by atoms with E-state index in [1.165, 1.54) is 5.56 Å². The lowest BCUT2D eigenvalue weighted by molar-refractivity contribution is 0.0266. The third-order valence-corrected chi connectivity index (χ3v) is 3.92. The number of rotatable bonds is 4. The van der Waals surface area contributed by atoms with Crippen LogP contribution in [0.4, 0.5) is 5.69 Å². The van der Waals surface area contributed by atoms with Crippen LogP contribution in [0.2, 0.25) is 0 Å². The van der Waals surface area contributed by atoms with Crippen LogP contribution in [-0.2, 0) is 0 Å². The Labute approximate surface area is 106 Å². The Balaban J connectivity index is 2.65. The van der Waals surface area contributed by atoms with Gasteiger partial charge in [0, 0.05) is 16.7 Å². The number of benzene rings is 1. The molecule has 2 N–H and O–H groups in total. The van der Waals surface area contributed by atoms with Gasteiger partial charge in [0.15, 0.2) is 0 Å². The third-order valence-electron chi connectivity index (χ3n) is 3.07. The van der Waals surface area contributed by atoms with Gasteiger partial charge < -0.3 is 10.4 Å². The molecular weight excluding hydrogens is 266 g/mol. The molecule has 0 saturated heterocycles. The van der Waals surface area contributed by atoms with Gasteiger partial charge in [0.05, 0.1) is 5.60 Å². The molecule has 0 fully saturated rings. The van der Waals surface area contributed by atoms with E-state index in [2.05, 4.69) is 34.2 Å². The average molecular weight is 286 g/mol. The summed E-state index contributed by atoms with van der Waals surface area (Å²) in [7, 11) is 0. The molecule has 90 valence electrons. The first-order valence-corrected chi connectivity index (χ1v) is 6.34. The van der Waals surface area contributed by atoms with Crippen LogP contribution in [0.15, 0.2) is 22.7 Å². The number of anilines is 1. The predicted octanol–water partition coefficient (Wildman–Crippen LogP) is 3.58. The first-order chi connectivity index (χ1) is 7.33. The van der Waals surface area contributed by atoms with E-state index in [4.69, 9.17) is 0 Å². The van der Waals surface area contributed by atoms with E-state index in [-0.39, 0.29) is 5.92 Å². The van der Waals surface area contributed by atoms with E-state index >= 15 is 0 Å². The SMILES string of the molecule is Cc1ccc(NCC(C)(O)C(C)C)cc1Br. The molecule has 1 aromatic rings. The van der Waals surface area contributed by atoms with Gasteiger partial charge >= 0.3 is 0 Å². The molecule has 0 heterocycles. The highest BCUT2D eigenvalue weighted by atomic mass is 79.9. The number of hydrogen-bond donors (Lipinski definition) is 2. The van der Waals surface area contributed by atoms with Gasteiger partial charge in [-0.3, -0.25) is 0 Å². The second-order valence-electron chi connectivity index (χ2n) is 4.83. The second-order valence-corrected chi connectivity index (χ2v) is 5.68. The molecule has 1 rings (SSSR count). The topological polar surface area (TPSA) is 32.3 Å². The summed E-state index contributed by atoms with van der Waals surface area (Å²) in [6, 6.07) is 6.11. The molecule has 1 aromatic carbocycles. The van der Waals surface area contributed by atoms with Crippen LogP contribution in [0.25, 0.3) is 0 Å². The molecule has 0 aliphatic rings. The van der Waals surface area contributed by atoms with Gasteiger partial charge in [-0.05, 0) is 37.5 Å². The van der Waals surface area contributed by atoms with E-state index < -0.39 is 5.60 Å². The quantitative estimate of drug-likeness (QED) is 0.886. The van der Waals surface area contributed by atoms with Gasteiger partial charge in [0.2, 0.25) is 0 Å². The standard InChI is InChI=1S/C13H20BrNO/c1-9(2)13(4,16)8-15-11-6-5-10(3)12(14)7-11/h5-7,9,15-16H,8H2,1-4H3. The fourth-order valence-corrected chi connectivity index (χ4v) is 1.57. The third kappa shape index (κ3) is 3.49. The monoisotopic (exact) mass is 285 g/mol. The Morgan fingerprint density at radius 3 is 2.56 bits per heavy atom. The fraction of sp³-hybridized carbons (Fsp3) is 0.538. The van der Waals surface area contributed by atoms with E-state index in [9.17, 15) is 5.11 Å². The molecule has 3 heteroatoms. The van der Waals surface area contributed by atoms with Gasteiger partial charge in [-0.25, -0.2) is 0 Å². The highest BCUT2D eigenvalue weighted by molar-refractivity contribution is 9.10. The summed E-state index contributed by atoms with van der Waals surface area (Å²) < 4.78 is 1.08. The molecule has 0 aliphatic carbocycles. The number of aliphatic hydroxyl groups is 1. The molecule has 0 spiro atoms. The van der Waals surface area contributed by atoms with Crippen LogP contribution in [0.1, 0.15) is 26.3 Å². The van der Waals surface area contributed by atoms with Crippen molar-refractivity contribution in [2.75, 3.05) is 11.9 Å². The molecule has 0 bridgehead atoms. The minimum absolute atomic E-state index is 0.230. The lowest BCUT2D eigenvalue weighted by Gasteiger charge is -2.28. The summed E-state index contributed by atoms with van der Waals surface area (Å²) >= 11 is 3.49. The summed E-state index contributed by atoms with van der Waals surface area (Å²) in [5, 5.41) is 13.4. The van der Waals surface area contributed by atoms with Crippen LogP contribution >= 0.6 is 15.9 Å². The van der Waals surface area contributed by atoms with Crippen LogP contribution in [0.3, 0.4) is 0 Å². The minimum atomic E-state index is -0.683. The zero-order valence-electron chi connectivity index (χ0n) is 10.3. The van der Waals surface area contributed by atoms with Crippen molar-refractivity contribution in [2.45, 2.75) is 33.3 Å². The minimum Gasteiger partial charge on any atom is -0.388 e. The maximum absolute atomic E-state index is 10.1. The Morgan fingerprint density at radius 1 is 1.44 bits per heavy atom. The molecule has 0 aromatic heterocycles. The highest BCUT2D eigenvalue weighted by Crippen LogP contribution is 2.22. The lowest BCUT2D eigenvalue weighted by Crippen LogP contribution is -2.38. The van der Waals surface area contributed by atoms with Gasteiger partial charge in [-0.1, -0.05) is 35.8 Å². The zero-order valence-corrected chi connectivity index (χ0v) is 11.9. The van der Waals surface area contributed by atoms with Crippen molar-refractivity contribution in [3.63, 3.8) is 0 Å². The van der Waals surface area contributed by atoms with Crippen LogP contribution in [0.5, 0.6) is 0 Å². The normalized spacial score (nSPS) is 14.9. The van der Waals surface area contributed by atoms with Gasteiger partial charge in [-0.15, -0.1) is 0 Å². The lowest BCUT2D eigenvalue weighted by atomic mass is 9.92. The Morgan fingerprint density at radius 2 is 2.06 bits per heavy atom. The molecule has 2 nitrogen and oxygen atoms in total. The number of aryl methyl sites for hydroxylation is 1. The smallest absolute Gasteiger partial charge is 0.0813 e. The van der Waals surface area contributed by atoms with E-state index in [1.54, 1.807) is 0 Å². The molecule has 1 unspecified atom stereocenters. The van der Waals surface area contributed by atoms with Crippen LogP contribution < -0.4 is 5.32 Å². The highest BCUT2D eigenvalue weighted by Gasteiger charge is 2.24. The Kier molecular flexibility index (Phi) is 4.39. The maximum Gasteiger partial charge on any atom is 0.0813 e. The van der Waals surface area contributed by atoms with Crippen molar-refractivity contribution in [3.8, 4) is 0 Å². The molecule has 16 heavy (non-hydrogen) atoms. The number of halogens is 1. The second kappa shape index (κ2) is 5.19. The summed E-state index contributed by atoms with van der Waals surface area (Å²) in [6.07, 6.45) is 0. The summed E-state index contributed by atoms with van der Waals surface area (Å²) in [5.74, 6) is 0.230. The van der Waals surface area contributed by atoms with E-state index in [0.29, 0.717) is 6.54 Å². The van der Waals surface area contributed by atoms with Gasteiger partial charge in [-0.2, -0.15) is 0 Å².